The zero-order valence-corrected chi connectivity index (χ0v) is 14.8. The average Bonchev–Trinajstić information content (AvgIpc) is 3.18. The maximum Gasteiger partial charge on any atom is 0.150 e. The van der Waals surface area contributed by atoms with Gasteiger partial charge in [0.1, 0.15) is 0 Å². The molecule has 1 aliphatic heterocycles. The van der Waals surface area contributed by atoms with Crippen LogP contribution < -0.4 is 10.6 Å². The van der Waals surface area contributed by atoms with Crippen molar-refractivity contribution in [3.63, 3.8) is 0 Å². The molecular weight excluding hydrogens is 314 g/mol. The van der Waals surface area contributed by atoms with Gasteiger partial charge in [0, 0.05) is 11.5 Å². The molecule has 1 aromatic carbocycles. The highest BCUT2D eigenvalue weighted by Gasteiger charge is 2.51. The van der Waals surface area contributed by atoms with E-state index in [2.05, 4.69) is 47.0 Å². The van der Waals surface area contributed by atoms with E-state index in [1.54, 1.807) is 0 Å². The monoisotopic (exact) mass is 341 g/mol. The highest BCUT2D eigenvalue weighted by molar-refractivity contribution is 5.45. The molecule has 134 valence electrons. The number of piperidine rings is 1. The molecule has 0 amide bonds. The summed E-state index contributed by atoms with van der Waals surface area (Å²) >= 11 is 0. The number of aryl methyl sites for hydroxylation is 1. The van der Waals surface area contributed by atoms with Gasteiger partial charge < -0.3 is 20.3 Å². The van der Waals surface area contributed by atoms with Crippen LogP contribution >= 0.6 is 0 Å². The van der Waals surface area contributed by atoms with Crippen molar-refractivity contribution in [2.45, 2.75) is 56.7 Å². The van der Waals surface area contributed by atoms with Crippen LogP contribution in [0.15, 0.2) is 34.9 Å². The number of aromatic nitrogens is 1. The lowest BCUT2D eigenvalue weighted by Crippen LogP contribution is -2.47. The third-order valence-corrected chi connectivity index (χ3v) is 5.82. The number of hydrogen-bond acceptors (Lipinski definition) is 5. The summed E-state index contributed by atoms with van der Waals surface area (Å²) < 4.78 is 5.43. The third kappa shape index (κ3) is 2.90. The number of aliphatic hydroxyl groups excluding tert-OH is 1. The molecule has 5 heteroatoms. The number of hydrogen-bond donors (Lipinski definition) is 3. The van der Waals surface area contributed by atoms with Crippen LogP contribution in [0.2, 0.25) is 0 Å². The van der Waals surface area contributed by atoms with Crippen LogP contribution in [-0.4, -0.2) is 29.5 Å². The fraction of sp³-hybridized carbons (Fsp3) is 0.550. The van der Waals surface area contributed by atoms with E-state index in [0.29, 0.717) is 6.54 Å². The Morgan fingerprint density at radius 1 is 1.32 bits per heavy atom. The Morgan fingerprint density at radius 3 is 2.92 bits per heavy atom. The van der Waals surface area contributed by atoms with Gasteiger partial charge in [0.2, 0.25) is 0 Å². The van der Waals surface area contributed by atoms with Gasteiger partial charge in [-0.3, -0.25) is 0 Å². The van der Waals surface area contributed by atoms with Crippen molar-refractivity contribution in [1.82, 2.24) is 15.8 Å². The lowest BCUT2D eigenvalue weighted by atomic mass is 9.72. The van der Waals surface area contributed by atoms with E-state index in [-0.39, 0.29) is 11.5 Å². The molecule has 3 N–H and O–H groups in total. The smallest absolute Gasteiger partial charge is 0.150 e. The van der Waals surface area contributed by atoms with E-state index in [0.717, 1.165) is 50.2 Å². The molecular formula is C20H27N3O2. The molecule has 2 heterocycles. The highest BCUT2D eigenvalue weighted by atomic mass is 16.5. The Kier molecular flexibility index (Phi) is 4.63. The molecule has 1 spiro atoms. The highest BCUT2D eigenvalue weighted by Crippen LogP contribution is 2.50. The zero-order valence-electron chi connectivity index (χ0n) is 14.8. The predicted molar refractivity (Wildman–Crippen MR) is 96.3 cm³/mol. The van der Waals surface area contributed by atoms with Gasteiger partial charge in [-0.15, -0.1) is 0 Å². The van der Waals surface area contributed by atoms with Crippen molar-refractivity contribution in [1.29, 1.82) is 0 Å². The molecule has 5 nitrogen and oxygen atoms in total. The van der Waals surface area contributed by atoms with Gasteiger partial charge in [0.15, 0.2) is 5.76 Å². The molecule has 1 aliphatic carbocycles. The van der Waals surface area contributed by atoms with E-state index in [1.807, 2.05) is 6.07 Å². The maximum absolute atomic E-state index is 11.2. The first kappa shape index (κ1) is 16.8. The number of rotatable bonds is 5. The molecule has 4 rings (SSSR count). The third-order valence-electron chi connectivity index (χ3n) is 5.82. The second-order valence-corrected chi connectivity index (χ2v) is 7.33. The van der Waals surface area contributed by atoms with Gasteiger partial charge in [0.25, 0.3) is 0 Å². The number of nitrogens with zero attached hydrogens (tertiary/aromatic N) is 1. The van der Waals surface area contributed by atoms with E-state index in [9.17, 15) is 5.11 Å². The Balaban J connectivity index is 1.55. The quantitative estimate of drug-likeness (QED) is 0.779. The molecule has 0 saturated carbocycles. The van der Waals surface area contributed by atoms with Crippen LogP contribution in [0.3, 0.4) is 0 Å². The summed E-state index contributed by atoms with van der Waals surface area (Å²) in [5, 5.41) is 22.3. The van der Waals surface area contributed by atoms with Crippen molar-refractivity contribution in [3.8, 4) is 0 Å². The predicted octanol–water partition coefficient (Wildman–Crippen LogP) is 2.45. The van der Waals surface area contributed by atoms with Crippen molar-refractivity contribution in [2.75, 3.05) is 13.1 Å². The van der Waals surface area contributed by atoms with E-state index >= 15 is 0 Å². The van der Waals surface area contributed by atoms with Crippen LogP contribution in [0.25, 0.3) is 0 Å². The van der Waals surface area contributed by atoms with Crippen LogP contribution in [0.5, 0.6) is 0 Å². The summed E-state index contributed by atoms with van der Waals surface area (Å²) in [5.74, 6) is 0.833. The molecule has 2 aromatic rings. The van der Waals surface area contributed by atoms with Crippen LogP contribution in [0.1, 0.15) is 54.8 Å². The minimum atomic E-state index is -0.412. The first-order valence-electron chi connectivity index (χ1n) is 9.40. The molecule has 1 saturated heterocycles. The topological polar surface area (TPSA) is 70.3 Å². The number of aliphatic hydroxyl groups is 1. The summed E-state index contributed by atoms with van der Waals surface area (Å²) in [6.07, 6.45) is 3.54. The molecule has 25 heavy (non-hydrogen) atoms. The fourth-order valence-corrected chi connectivity index (χ4v) is 4.55. The minimum Gasteiger partial charge on any atom is -0.390 e. The molecule has 1 fully saturated rings. The molecule has 0 bridgehead atoms. The number of fused-ring (bicyclic) bond motifs is 2. The lowest BCUT2D eigenvalue weighted by Gasteiger charge is -2.39. The maximum atomic E-state index is 11.2. The molecule has 1 aromatic heterocycles. The van der Waals surface area contributed by atoms with Crippen molar-refractivity contribution >= 4 is 0 Å². The van der Waals surface area contributed by atoms with Gasteiger partial charge in [-0.25, -0.2) is 0 Å². The first-order valence-corrected chi connectivity index (χ1v) is 9.40. The Morgan fingerprint density at radius 2 is 2.12 bits per heavy atom. The van der Waals surface area contributed by atoms with Gasteiger partial charge in [-0.2, -0.15) is 0 Å². The largest absolute Gasteiger partial charge is 0.390 e. The summed E-state index contributed by atoms with van der Waals surface area (Å²) in [4.78, 5) is 0. The van der Waals surface area contributed by atoms with Crippen molar-refractivity contribution in [3.05, 3.63) is 52.9 Å². The first-order chi connectivity index (χ1) is 12.2. The fourth-order valence-electron chi connectivity index (χ4n) is 4.55. The second-order valence-electron chi connectivity index (χ2n) is 7.33. The average molecular weight is 341 g/mol. The number of nitrogens with one attached hydrogen (secondary N) is 2. The number of benzene rings is 1. The Bertz CT molecular complexity index is 721. The van der Waals surface area contributed by atoms with E-state index < -0.39 is 6.10 Å². The molecule has 0 unspecified atom stereocenters. The molecule has 0 radical (unpaired) electrons. The Labute approximate surface area is 148 Å². The lowest BCUT2D eigenvalue weighted by molar-refractivity contribution is 0.0432. The summed E-state index contributed by atoms with van der Waals surface area (Å²) in [7, 11) is 0. The van der Waals surface area contributed by atoms with Crippen molar-refractivity contribution < 1.29 is 9.63 Å². The van der Waals surface area contributed by atoms with Crippen LogP contribution in [-0.2, 0) is 18.4 Å². The van der Waals surface area contributed by atoms with E-state index in [4.69, 9.17) is 4.52 Å². The minimum absolute atomic E-state index is 0.0611. The SMILES string of the molecule is CCCc1cc(CN[C@@H]2c3ccccc3C3(CCNCC3)[C@H]2O)on1. The molecule has 2 aliphatic rings. The van der Waals surface area contributed by atoms with Crippen LogP contribution in [0.4, 0.5) is 0 Å². The Hall–Kier alpha value is -1.69. The van der Waals surface area contributed by atoms with E-state index in [1.165, 1.54) is 11.1 Å². The molecule has 2 atom stereocenters. The normalized spacial score (nSPS) is 24.6. The summed E-state index contributed by atoms with van der Waals surface area (Å²) in [5.41, 5.74) is 3.41. The van der Waals surface area contributed by atoms with Gasteiger partial charge >= 0.3 is 0 Å². The van der Waals surface area contributed by atoms with Crippen molar-refractivity contribution in [2.24, 2.45) is 0 Å². The van der Waals surface area contributed by atoms with Gasteiger partial charge in [0.05, 0.1) is 24.4 Å². The second kappa shape index (κ2) is 6.90. The van der Waals surface area contributed by atoms with Gasteiger partial charge in [-0.1, -0.05) is 42.8 Å². The zero-order chi connectivity index (χ0) is 17.3. The standard InChI is InChI=1S/C20H27N3O2/c1-2-5-14-12-15(25-23-14)13-22-18-16-6-3-4-7-17(16)20(19(18)24)8-10-21-11-9-20/h3-4,6-7,12,18-19,21-22,24H,2,5,8-11,13H2,1H3/t18-,19+/m1/s1. The van der Waals surface area contributed by atoms with Crippen LogP contribution in [0, 0.1) is 0 Å². The summed E-state index contributed by atoms with van der Waals surface area (Å²) in [6.45, 7) is 4.64. The van der Waals surface area contributed by atoms with Gasteiger partial charge in [-0.05, 0) is 43.5 Å². The summed E-state index contributed by atoms with van der Waals surface area (Å²) in [6, 6.07) is 10.5.